The Labute approximate surface area is 121 Å². The zero-order valence-corrected chi connectivity index (χ0v) is 12.9. The van der Waals surface area contributed by atoms with Crippen LogP contribution in [0.3, 0.4) is 0 Å². The van der Waals surface area contributed by atoms with Crippen LogP contribution in [-0.4, -0.2) is 29.8 Å². The molecule has 0 radical (unpaired) electrons. The van der Waals surface area contributed by atoms with Gasteiger partial charge in [0.15, 0.2) is 6.10 Å². The number of hydrogen-bond donors (Lipinski definition) is 2. The summed E-state index contributed by atoms with van der Waals surface area (Å²) in [7, 11) is 0. The van der Waals surface area contributed by atoms with Gasteiger partial charge in [0.05, 0.1) is 6.10 Å². The summed E-state index contributed by atoms with van der Waals surface area (Å²) in [6, 6.07) is 7.77. The molecule has 1 aromatic rings. The summed E-state index contributed by atoms with van der Waals surface area (Å²) in [5.74, 6) is 0.448. The predicted octanol–water partition coefficient (Wildman–Crippen LogP) is 2.25. The molecule has 0 heterocycles. The summed E-state index contributed by atoms with van der Waals surface area (Å²) in [6.07, 6.45) is -1.15. The SMILES string of the molecule is CC(O)CNC(=O)C(C)Oc1cccc(C(C)(C)C)c1. The highest BCUT2D eigenvalue weighted by molar-refractivity contribution is 5.80. The first-order valence-electron chi connectivity index (χ1n) is 6.93. The summed E-state index contributed by atoms with van der Waals surface area (Å²) in [4.78, 5) is 11.8. The van der Waals surface area contributed by atoms with Crippen LogP contribution in [0.1, 0.15) is 40.2 Å². The minimum absolute atomic E-state index is 0.0389. The van der Waals surface area contributed by atoms with Crippen molar-refractivity contribution in [3.8, 4) is 5.75 Å². The highest BCUT2D eigenvalue weighted by Crippen LogP contribution is 2.26. The zero-order valence-electron chi connectivity index (χ0n) is 12.9. The maximum Gasteiger partial charge on any atom is 0.260 e. The van der Waals surface area contributed by atoms with Gasteiger partial charge in [-0.05, 0) is 37.0 Å². The second-order valence-electron chi connectivity index (χ2n) is 6.13. The van der Waals surface area contributed by atoms with Crippen LogP contribution in [-0.2, 0) is 10.2 Å². The van der Waals surface area contributed by atoms with Gasteiger partial charge >= 0.3 is 0 Å². The number of rotatable bonds is 5. The summed E-state index contributed by atoms with van der Waals surface area (Å²) in [5, 5.41) is 11.8. The lowest BCUT2D eigenvalue weighted by molar-refractivity contribution is -0.127. The highest BCUT2D eigenvalue weighted by atomic mass is 16.5. The van der Waals surface area contributed by atoms with Gasteiger partial charge in [-0.15, -0.1) is 0 Å². The molecule has 0 aliphatic carbocycles. The Hall–Kier alpha value is -1.55. The van der Waals surface area contributed by atoms with Crippen molar-refractivity contribution in [1.29, 1.82) is 0 Å². The Morgan fingerprint density at radius 1 is 1.35 bits per heavy atom. The number of carbonyl (C=O) groups is 1. The van der Waals surface area contributed by atoms with Gasteiger partial charge in [0.1, 0.15) is 5.75 Å². The third kappa shape index (κ3) is 5.21. The van der Waals surface area contributed by atoms with Crippen LogP contribution in [0, 0.1) is 0 Å². The largest absolute Gasteiger partial charge is 0.481 e. The minimum Gasteiger partial charge on any atom is -0.481 e. The van der Waals surface area contributed by atoms with Crippen molar-refractivity contribution in [2.45, 2.75) is 52.2 Å². The predicted molar refractivity (Wildman–Crippen MR) is 79.9 cm³/mol. The highest BCUT2D eigenvalue weighted by Gasteiger charge is 2.17. The molecule has 2 unspecified atom stereocenters. The van der Waals surface area contributed by atoms with Crippen molar-refractivity contribution in [3.63, 3.8) is 0 Å². The van der Waals surface area contributed by atoms with E-state index in [-0.39, 0.29) is 17.9 Å². The van der Waals surface area contributed by atoms with Crippen LogP contribution in [0.15, 0.2) is 24.3 Å². The Morgan fingerprint density at radius 3 is 2.55 bits per heavy atom. The van der Waals surface area contributed by atoms with Crippen molar-refractivity contribution < 1.29 is 14.6 Å². The second kappa shape index (κ2) is 6.75. The number of carbonyl (C=O) groups excluding carboxylic acids is 1. The molecule has 0 fully saturated rings. The molecular weight excluding hydrogens is 254 g/mol. The lowest BCUT2D eigenvalue weighted by Gasteiger charge is -2.21. The molecule has 20 heavy (non-hydrogen) atoms. The molecule has 4 heteroatoms. The van der Waals surface area contributed by atoms with E-state index in [9.17, 15) is 4.79 Å². The molecule has 2 N–H and O–H groups in total. The van der Waals surface area contributed by atoms with Crippen LogP contribution in [0.5, 0.6) is 5.75 Å². The van der Waals surface area contributed by atoms with E-state index in [0.717, 1.165) is 5.56 Å². The number of benzene rings is 1. The van der Waals surface area contributed by atoms with E-state index in [0.29, 0.717) is 5.75 Å². The van der Waals surface area contributed by atoms with Crippen molar-refractivity contribution in [1.82, 2.24) is 5.32 Å². The van der Waals surface area contributed by atoms with E-state index < -0.39 is 12.2 Å². The quantitative estimate of drug-likeness (QED) is 0.869. The van der Waals surface area contributed by atoms with Gasteiger partial charge in [0, 0.05) is 6.54 Å². The fourth-order valence-corrected chi connectivity index (χ4v) is 1.69. The normalized spacial score (nSPS) is 14.5. The lowest BCUT2D eigenvalue weighted by atomic mass is 9.87. The summed E-state index contributed by atoms with van der Waals surface area (Å²) < 4.78 is 5.65. The van der Waals surface area contributed by atoms with Gasteiger partial charge in [-0.2, -0.15) is 0 Å². The van der Waals surface area contributed by atoms with Gasteiger partial charge in [0.2, 0.25) is 0 Å². The molecule has 112 valence electrons. The maximum atomic E-state index is 11.8. The molecule has 4 nitrogen and oxygen atoms in total. The Bertz CT molecular complexity index is 449. The van der Waals surface area contributed by atoms with Crippen molar-refractivity contribution in [2.24, 2.45) is 0 Å². The van der Waals surface area contributed by atoms with Crippen LogP contribution < -0.4 is 10.1 Å². The molecule has 2 atom stereocenters. The molecule has 1 aromatic carbocycles. The van der Waals surface area contributed by atoms with Gasteiger partial charge in [-0.1, -0.05) is 32.9 Å². The third-order valence-electron chi connectivity index (χ3n) is 2.95. The van der Waals surface area contributed by atoms with E-state index in [1.807, 2.05) is 24.3 Å². The molecule has 0 saturated heterocycles. The average molecular weight is 279 g/mol. The van der Waals surface area contributed by atoms with Crippen LogP contribution in [0.2, 0.25) is 0 Å². The number of aliphatic hydroxyl groups excluding tert-OH is 1. The van der Waals surface area contributed by atoms with Gasteiger partial charge in [-0.3, -0.25) is 4.79 Å². The van der Waals surface area contributed by atoms with Crippen molar-refractivity contribution in [2.75, 3.05) is 6.54 Å². The molecule has 0 bridgehead atoms. The fraction of sp³-hybridized carbons (Fsp3) is 0.562. The molecule has 1 amide bonds. The first-order chi connectivity index (χ1) is 9.20. The van der Waals surface area contributed by atoms with E-state index >= 15 is 0 Å². The standard InChI is InChI=1S/C16H25NO3/c1-11(18)10-17-15(19)12(2)20-14-8-6-7-13(9-14)16(3,4)5/h6-9,11-12,18H,10H2,1-5H3,(H,17,19). The summed E-state index contributed by atoms with van der Waals surface area (Å²) in [6.45, 7) is 9.94. The number of ether oxygens (including phenoxy) is 1. The van der Waals surface area contributed by atoms with Crippen molar-refractivity contribution >= 4 is 5.91 Å². The van der Waals surface area contributed by atoms with E-state index in [2.05, 4.69) is 26.1 Å². The minimum atomic E-state index is -0.594. The summed E-state index contributed by atoms with van der Waals surface area (Å²) >= 11 is 0. The first-order valence-corrected chi connectivity index (χ1v) is 6.93. The topological polar surface area (TPSA) is 58.6 Å². The molecular formula is C16H25NO3. The maximum absolute atomic E-state index is 11.8. The molecule has 0 saturated carbocycles. The molecule has 0 spiro atoms. The number of aliphatic hydroxyl groups is 1. The first kappa shape index (κ1) is 16.5. The second-order valence-corrected chi connectivity index (χ2v) is 6.13. The van der Waals surface area contributed by atoms with E-state index in [1.165, 1.54) is 0 Å². The summed E-state index contributed by atoms with van der Waals surface area (Å²) in [5.41, 5.74) is 1.20. The van der Waals surface area contributed by atoms with Crippen LogP contribution >= 0.6 is 0 Å². The van der Waals surface area contributed by atoms with Gasteiger partial charge < -0.3 is 15.2 Å². The molecule has 0 aromatic heterocycles. The average Bonchev–Trinajstić information content (AvgIpc) is 2.35. The Balaban J connectivity index is 2.66. The Kier molecular flexibility index (Phi) is 5.57. The number of nitrogens with one attached hydrogen (secondary N) is 1. The smallest absolute Gasteiger partial charge is 0.260 e. The van der Waals surface area contributed by atoms with Gasteiger partial charge in [-0.25, -0.2) is 0 Å². The van der Waals surface area contributed by atoms with E-state index in [1.54, 1.807) is 13.8 Å². The molecule has 0 aliphatic rings. The van der Waals surface area contributed by atoms with Crippen molar-refractivity contribution in [3.05, 3.63) is 29.8 Å². The third-order valence-corrected chi connectivity index (χ3v) is 2.95. The molecule has 1 rings (SSSR count). The fourth-order valence-electron chi connectivity index (χ4n) is 1.69. The lowest BCUT2D eigenvalue weighted by Crippen LogP contribution is -2.39. The van der Waals surface area contributed by atoms with Gasteiger partial charge in [0.25, 0.3) is 5.91 Å². The monoisotopic (exact) mass is 279 g/mol. The number of hydrogen-bond acceptors (Lipinski definition) is 3. The molecule has 0 aliphatic heterocycles. The number of amides is 1. The zero-order chi connectivity index (χ0) is 15.3. The van der Waals surface area contributed by atoms with Crippen LogP contribution in [0.4, 0.5) is 0 Å². The Morgan fingerprint density at radius 2 is 2.00 bits per heavy atom. The van der Waals surface area contributed by atoms with Crippen LogP contribution in [0.25, 0.3) is 0 Å². The van der Waals surface area contributed by atoms with E-state index in [4.69, 9.17) is 9.84 Å².